The van der Waals surface area contributed by atoms with Crippen molar-refractivity contribution in [3.05, 3.63) is 89.5 Å². The Hall–Kier alpha value is -3.49. The number of carbonyl (C=O) groups excluding carboxylic acids is 2. The molecular formula is C30H33N3O4S. The van der Waals surface area contributed by atoms with Crippen LogP contribution >= 0.6 is 0 Å². The normalized spacial score (nSPS) is 18.8. The fraction of sp³-hybridized carbons (Fsp3) is 0.333. The minimum atomic E-state index is -3.98. The van der Waals surface area contributed by atoms with Gasteiger partial charge in [0, 0.05) is 18.7 Å². The second kappa shape index (κ2) is 11.1. The second-order valence-electron chi connectivity index (χ2n) is 10.2. The number of amides is 2. The van der Waals surface area contributed by atoms with Gasteiger partial charge in [-0.2, -0.15) is 0 Å². The molecule has 5 rings (SSSR count). The van der Waals surface area contributed by atoms with Gasteiger partial charge in [0.1, 0.15) is 0 Å². The molecule has 2 aliphatic rings. The van der Waals surface area contributed by atoms with E-state index < -0.39 is 15.7 Å². The summed E-state index contributed by atoms with van der Waals surface area (Å²) in [6.07, 6.45) is 3.33. The van der Waals surface area contributed by atoms with Crippen molar-refractivity contribution in [2.45, 2.75) is 42.5 Å². The summed E-state index contributed by atoms with van der Waals surface area (Å²) in [6, 6.07) is 20.2. The molecular weight excluding hydrogens is 498 g/mol. The van der Waals surface area contributed by atoms with Crippen LogP contribution in [0.3, 0.4) is 0 Å². The zero-order valence-corrected chi connectivity index (χ0v) is 22.4. The number of nitrogens with one attached hydrogen (secondary N) is 1. The SMILES string of the molecule is CC1CCCN(CCCNC(=O)c2ccc3c(c2)N(Cc2ccccc2)C(=O)c2ccccc2S3(=O)=O)C1. The van der Waals surface area contributed by atoms with Gasteiger partial charge in [-0.05, 0) is 74.2 Å². The Morgan fingerprint density at radius 3 is 2.55 bits per heavy atom. The van der Waals surface area contributed by atoms with Gasteiger partial charge in [0.25, 0.3) is 11.8 Å². The molecule has 2 amide bonds. The summed E-state index contributed by atoms with van der Waals surface area (Å²) in [4.78, 5) is 30.7. The third kappa shape index (κ3) is 5.37. The highest BCUT2D eigenvalue weighted by Crippen LogP contribution is 2.38. The Balaban J connectivity index is 1.41. The smallest absolute Gasteiger partial charge is 0.259 e. The number of carbonyl (C=O) groups is 2. The molecule has 38 heavy (non-hydrogen) atoms. The van der Waals surface area contributed by atoms with Gasteiger partial charge in [-0.3, -0.25) is 9.59 Å². The van der Waals surface area contributed by atoms with Gasteiger partial charge in [0.2, 0.25) is 9.84 Å². The lowest BCUT2D eigenvalue weighted by Gasteiger charge is -2.30. The molecule has 2 heterocycles. The van der Waals surface area contributed by atoms with Crippen LogP contribution in [0.4, 0.5) is 5.69 Å². The molecule has 0 bridgehead atoms. The number of piperidine rings is 1. The van der Waals surface area contributed by atoms with Crippen LogP contribution in [-0.4, -0.2) is 51.3 Å². The molecule has 1 saturated heterocycles. The number of hydrogen-bond donors (Lipinski definition) is 1. The van der Waals surface area contributed by atoms with E-state index in [1.54, 1.807) is 12.1 Å². The number of fused-ring (bicyclic) bond motifs is 2. The van der Waals surface area contributed by atoms with Crippen molar-refractivity contribution >= 4 is 27.3 Å². The van der Waals surface area contributed by atoms with Gasteiger partial charge in [-0.15, -0.1) is 0 Å². The Labute approximate surface area is 224 Å². The van der Waals surface area contributed by atoms with Gasteiger partial charge in [-0.1, -0.05) is 49.4 Å². The zero-order chi connectivity index (χ0) is 26.7. The molecule has 1 N–H and O–H groups in total. The molecule has 198 valence electrons. The predicted octanol–water partition coefficient (Wildman–Crippen LogP) is 4.53. The number of anilines is 1. The van der Waals surface area contributed by atoms with Crippen molar-refractivity contribution < 1.29 is 18.0 Å². The second-order valence-corrected chi connectivity index (χ2v) is 12.1. The minimum absolute atomic E-state index is 0.0162. The lowest BCUT2D eigenvalue weighted by atomic mass is 10.0. The van der Waals surface area contributed by atoms with Crippen LogP contribution in [-0.2, 0) is 16.4 Å². The summed E-state index contributed by atoms with van der Waals surface area (Å²) >= 11 is 0. The van der Waals surface area contributed by atoms with E-state index in [1.165, 1.54) is 48.1 Å². The van der Waals surface area contributed by atoms with Gasteiger partial charge in [-0.25, -0.2) is 8.42 Å². The summed E-state index contributed by atoms with van der Waals surface area (Å²) < 4.78 is 27.3. The summed E-state index contributed by atoms with van der Waals surface area (Å²) in [5.74, 6) is 0.00746. The fourth-order valence-corrected chi connectivity index (χ4v) is 7.00. The highest BCUT2D eigenvalue weighted by molar-refractivity contribution is 7.91. The molecule has 3 aromatic rings. The molecule has 0 saturated carbocycles. The van der Waals surface area contributed by atoms with E-state index in [1.807, 2.05) is 30.3 Å². The maximum atomic E-state index is 13.7. The van der Waals surface area contributed by atoms with E-state index in [0.29, 0.717) is 18.0 Å². The third-order valence-corrected chi connectivity index (χ3v) is 9.17. The first-order chi connectivity index (χ1) is 18.3. The molecule has 1 atom stereocenters. The van der Waals surface area contributed by atoms with Gasteiger partial charge >= 0.3 is 0 Å². The lowest BCUT2D eigenvalue weighted by Crippen LogP contribution is -2.36. The third-order valence-electron chi connectivity index (χ3n) is 7.31. The molecule has 0 aromatic heterocycles. The standard InChI is InChI=1S/C30H33N3O4S/c1-22-9-7-17-32(20-22)18-8-16-31-29(34)24-14-15-28-26(19-24)33(21-23-10-3-2-4-11-23)30(35)25-12-5-6-13-27(25)38(28,36)37/h2-6,10-15,19,22H,7-9,16-18,20-21H2,1H3,(H,31,34). The highest BCUT2D eigenvalue weighted by atomic mass is 32.2. The van der Waals surface area contributed by atoms with Crippen molar-refractivity contribution in [1.82, 2.24) is 10.2 Å². The predicted molar refractivity (Wildman–Crippen MR) is 147 cm³/mol. The van der Waals surface area contributed by atoms with E-state index >= 15 is 0 Å². The lowest BCUT2D eigenvalue weighted by molar-refractivity contribution is 0.0946. The van der Waals surface area contributed by atoms with Crippen molar-refractivity contribution in [2.24, 2.45) is 5.92 Å². The number of nitrogens with zero attached hydrogens (tertiary/aromatic N) is 2. The molecule has 0 aliphatic carbocycles. The number of rotatable bonds is 7. The molecule has 8 heteroatoms. The highest BCUT2D eigenvalue weighted by Gasteiger charge is 2.36. The molecule has 1 fully saturated rings. The maximum Gasteiger partial charge on any atom is 0.259 e. The van der Waals surface area contributed by atoms with Gasteiger partial charge in [0.15, 0.2) is 0 Å². The summed E-state index contributed by atoms with van der Waals surface area (Å²) in [5, 5.41) is 2.97. The first kappa shape index (κ1) is 26.1. The first-order valence-corrected chi connectivity index (χ1v) is 14.7. The largest absolute Gasteiger partial charge is 0.352 e. The summed E-state index contributed by atoms with van der Waals surface area (Å²) in [6.45, 7) is 6.11. The van der Waals surface area contributed by atoms with Gasteiger partial charge < -0.3 is 15.1 Å². The fourth-order valence-electron chi connectivity index (χ4n) is 5.37. The van der Waals surface area contributed by atoms with E-state index in [2.05, 4.69) is 17.1 Å². The van der Waals surface area contributed by atoms with E-state index in [-0.39, 0.29) is 33.5 Å². The van der Waals surface area contributed by atoms with Crippen LogP contribution in [0.15, 0.2) is 82.6 Å². The molecule has 2 aliphatic heterocycles. The average molecular weight is 532 g/mol. The van der Waals surface area contributed by atoms with E-state index in [0.717, 1.165) is 31.6 Å². The molecule has 3 aromatic carbocycles. The van der Waals surface area contributed by atoms with Crippen molar-refractivity contribution in [3.63, 3.8) is 0 Å². The minimum Gasteiger partial charge on any atom is -0.352 e. The van der Waals surface area contributed by atoms with Crippen LogP contribution in [0.5, 0.6) is 0 Å². The van der Waals surface area contributed by atoms with Crippen LogP contribution in [0.2, 0.25) is 0 Å². The number of benzene rings is 3. The molecule has 0 spiro atoms. The monoisotopic (exact) mass is 531 g/mol. The number of sulfone groups is 1. The number of hydrogen-bond acceptors (Lipinski definition) is 5. The van der Waals surface area contributed by atoms with Crippen LogP contribution in [0, 0.1) is 5.92 Å². The Morgan fingerprint density at radius 2 is 1.76 bits per heavy atom. The summed E-state index contributed by atoms with van der Waals surface area (Å²) in [5.41, 5.74) is 1.51. The average Bonchev–Trinajstić information content (AvgIpc) is 2.99. The first-order valence-electron chi connectivity index (χ1n) is 13.2. The van der Waals surface area contributed by atoms with Crippen molar-refractivity contribution in [2.75, 3.05) is 31.1 Å². The topological polar surface area (TPSA) is 86.8 Å². The maximum absolute atomic E-state index is 13.7. The van der Waals surface area contributed by atoms with E-state index in [9.17, 15) is 18.0 Å². The zero-order valence-electron chi connectivity index (χ0n) is 21.6. The Bertz CT molecular complexity index is 1440. The molecule has 7 nitrogen and oxygen atoms in total. The Morgan fingerprint density at radius 1 is 1.00 bits per heavy atom. The van der Waals surface area contributed by atoms with E-state index in [4.69, 9.17) is 0 Å². The molecule has 0 radical (unpaired) electrons. The Kier molecular flexibility index (Phi) is 7.63. The van der Waals surface area contributed by atoms with Crippen LogP contribution < -0.4 is 10.2 Å². The quantitative estimate of drug-likeness (QED) is 0.453. The number of likely N-dealkylation sites (tertiary alicyclic amines) is 1. The molecule has 1 unspecified atom stereocenters. The summed E-state index contributed by atoms with van der Waals surface area (Å²) in [7, 11) is -3.98. The van der Waals surface area contributed by atoms with Crippen LogP contribution in [0.1, 0.15) is 52.5 Å². The van der Waals surface area contributed by atoms with Gasteiger partial charge in [0.05, 0.1) is 27.6 Å². The van der Waals surface area contributed by atoms with Crippen molar-refractivity contribution in [3.8, 4) is 0 Å². The van der Waals surface area contributed by atoms with Crippen LogP contribution in [0.25, 0.3) is 0 Å². The van der Waals surface area contributed by atoms with Crippen molar-refractivity contribution in [1.29, 1.82) is 0 Å².